The highest BCUT2D eigenvalue weighted by Crippen LogP contribution is 2.46. The van der Waals surface area contributed by atoms with Crippen molar-refractivity contribution in [2.24, 2.45) is 0 Å². The van der Waals surface area contributed by atoms with E-state index in [9.17, 15) is 14.7 Å². The number of fused-ring (bicyclic) bond motifs is 1. The zero-order valence-corrected chi connectivity index (χ0v) is 17.0. The number of carbonyl (C=O) groups is 2. The minimum atomic E-state index is -1.04. The average Bonchev–Trinajstić information content (AvgIpc) is 2.59. The third-order valence-electron chi connectivity index (χ3n) is 4.95. The summed E-state index contributed by atoms with van der Waals surface area (Å²) in [7, 11) is 0. The van der Waals surface area contributed by atoms with Gasteiger partial charge in [0.25, 0.3) is 0 Å². The molecule has 0 atom stereocenters. The van der Waals surface area contributed by atoms with Crippen molar-refractivity contribution in [1.82, 2.24) is 0 Å². The first-order chi connectivity index (χ1) is 13.5. The minimum absolute atomic E-state index is 0.0358. The molecule has 29 heavy (non-hydrogen) atoms. The number of benzene rings is 2. The molecule has 2 N–H and O–H groups in total. The molecule has 1 heterocycles. The lowest BCUT2D eigenvalue weighted by atomic mass is 9.72. The van der Waals surface area contributed by atoms with Crippen LogP contribution in [0.15, 0.2) is 36.4 Å². The first kappa shape index (κ1) is 20.5. The summed E-state index contributed by atoms with van der Waals surface area (Å²) < 4.78 is 6.03. The molecular weight excluding hydrogens is 368 g/mol. The maximum Gasteiger partial charge on any atom is 0.339 e. The molecule has 0 aromatic heterocycles. The fourth-order valence-corrected chi connectivity index (χ4v) is 3.97. The number of hydrogen-bond donors (Lipinski definition) is 2. The van der Waals surface area contributed by atoms with Crippen molar-refractivity contribution in [2.45, 2.75) is 51.6 Å². The van der Waals surface area contributed by atoms with Crippen molar-refractivity contribution in [3.8, 4) is 17.6 Å². The highest BCUT2D eigenvalue weighted by atomic mass is 16.5. The first-order valence-electron chi connectivity index (χ1n) is 9.40. The van der Waals surface area contributed by atoms with Gasteiger partial charge < -0.3 is 14.9 Å². The van der Waals surface area contributed by atoms with E-state index in [4.69, 9.17) is 9.84 Å². The highest BCUT2D eigenvalue weighted by Gasteiger charge is 2.41. The lowest BCUT2D eigenvalue weighted by Crippen LogP contribution is -2.42. The van der Waals surface area contributed by atoms with Crippen molar-refractivity contribution >= 4 is 11.9 Å². The molecule has 5 nitrogen and oxygen atoms in total. The molecule has 0 unspecified atom stereocenters. The number of rotatable bonds is 3. The van der Waals surface area contributed by atoms with Gasteiger partial charge in [0.15, 0.2) is 0 Å². The Kier molecular flexibility index (Phi) is 5.15. The fraction of sp³-hybridized carbons (Fsp3) is 0.333. The maximum atomic E-state index is 11.9. The van der Waals surface area contributed by atoms with Crippen molar-refractivity contribution in [2.75, 3.05) is 0 Å². The van der Waals surface area contributed by atoms with Crippen LogP contribution in [-0.4, -0.2) is 27.8 Å². The molecule has 3 rings (SSSR count). The number of carboxylic acids is 2. The van der Waals surface area contributed by atoms with Crippen molar-refractivity contribution in [3.05, 3.63) is 64.2 Å². The Labute approximate surface area is 170 Å². The van der Waals surface area contributed by atoms with Crippen LogP contribution >= 0.6 is 0 Å². The van der Waals surface area contributed by atoms with Crippen molar-refractivity contribution in [3.63, 3.8) is 0 Å². The number of aliphatic carboxylic acids is 1. The van der Waals surface area contributed by atoms with Crippen LogP contribution in [0.2, 0.25) is 0 Å². The van der Waals surface area contributed by atoms with E-state index >= 15 is 0 Å². The Morgan fingerprint density at radius 2 is 1.62 bits per heavy atom. The minimum Gasteiger partial charge on any atom is -0.487 e. The lowest BCUT2D eigenvalue weighted by molar-refractivity contribution is -0.136. The Morgan fingerprint density at radius 1 is 1.00 bits per heavy atom. The number of aromatic carboxylic acids is 1. The van der Waals surface area contributed by atoms with Gasteiger partial charge in [0.1, 0.15) is 16.9 Å². The van der Waals surface area contributed by atoms with Crippen LogP contribution in [0.3, 0.4) is 0 Å². The second-order valence-corrected chi connectivity index (χ2v) is 8.65. The monoisotopic (exact) mass is 392 g/mol. The van der Waals surface area contributed by atoms with Gasteiger partial charge in [-0.05, 0) is 55.5 Å². The quantitative estimate of drug-likeness (QED) is 0.763. The van der Waals surface area contributed by atoms with Gasteiger partial charge in [-0.15, -0.1) is 0 Å². The fourth-order valence-electron chi connectivity index (χ4n) is 3.97. The van der Waals surface area contributed by atoms with Crippen LogP contribution in [0.4, 0.5) is 0 Å². The van der Waals surface area contributed by atoms with Crippen molar-refractivity contribution in [1.29, 1.82) is 0 Å². The largest absolute Gasteiger partial charge is 0.487 e. The number of ether oxygens (including phenoxy) is 1. The van der Waals surface area contributed by atoms with E-state index in [2.05, 4.69) is 25.7 Å². The van der Waals surface area contributed by atoms with Gasteiger partial charge in [0.05, 0.1) is 6.42 Å². The predicted molar refractivity (Wildman–Crippen MR) is 110 cm³/mol. The molecule has 0 fully saturated rings. The molecule has 2 aromatic rings. The lowest BCUT2D eigenvalue weighted by Gasteiger charge is -2.43. The molecule has 5 heteroatoms. The van der Waals surface area contributed by atoms with Crippen LogP contribution in [0.1, 0.15) is 66.7 Å². The van der Waals surface area contributed by atoms with Gasteiger partial charge >= 0.3 is 11.9 Å². The molecule has 0 radical (unpaired) electrons. The Bertz CT molecular complexity index is 1030. The average molecular weight is 392 g/mol. The standard InChI is InChI=1S/C24H24O5/c1-23(2)14-24(3,4)29-21-18(22(27)28)11-17(12-19(21)23)10-7-15-5-8-16(9-6-15)13-20(25)26/h5-6,8-9,11-12H,13-14H2,1-4H3,(H,25,26)(H,27,28). The summed E-state index contributed by atoms with van der Waals surface area (Å²) in [5.74, 6) is 4.56. The normalized spacial score (nSPS) is 16.0. The van der Waals surface area contributed by atoms with E-state index in [1.54, 1.807) is 30.3 Å². The van der Waals surface area contributed by atoms with E-state index in [0.717, 1.165) is 17.5 Å². The second kappa shape index (κ2) is 7.29. The van der Waals surface area contributed by atoms with Gasteiger partial charge in [0.2, 0.25) is 0 Å². The smallest absolute Gasteiger partial charge is 0.339 e. The van der Waals surface area contributed by atoms with Gasteiger partial charge in [-0.2, -0.15) is 0 Å². The van der Waals surface area contributed by atoms with E-state index < -0.39 is 17.5 Å². The van der Waals surface area contributed by atoms with Crippen LogP contribution in [-0.2, 0) is 16.6 Å². The van der Waals surface area contributed by atoms with Gasteiger partial charge in [0, 0.05) is 16.7 Å². The summed E-state index contributed by atoms with van der Waals surface area (Å²) in [6.07, 6.45) is 0.722. The summed E-state index contributed by atoms with van der Waals surface area (Å²) in [5, 5.41) is 18.6. The van der Waals surface area contributed by atoms with E-state index in [-0.39, 0.29) is 17.4 Å². The summed E-state index contributed by atoms with van der Waals surface area (Å²) in [6, 6.07) is 10.4. The summed E-state index contributed by atoms with van der Waals surface area (Å²) in [6.45, 7) is 8.09. The molecule has 150 valence electrons. The SMILES string of the molecule is CC1(C)CC(C)(C)c2cc(C#Cc3ccc(CC(=O)O)cc3)cc(C(=O)O)c2O1. The molecular formula is C24H24O5. The number of hydrogen-bond acceptors (Lipinski definition) is 3. The van der Waals surface area contributed by atoms with Crippen LogP contribution in [0, 0.1) is 11.8 Å². The maximum absolute atomic E-state index is 11.9. The molecule has 0 amide bonds. The molecule has 1 aliphatic rings. The Hall–Kier alpha value is -3.26. The van der Waals surface area contributed by atoms with E-state index in [1.165, 1.54) is 0 Å². The van der Waals surface area contributed by atoms with Crippen molar-refractivity contribution < 1.29 is 24.5 Å². The Morgan fingerprint density at radius 3 is 2.21 bits per heavy atom. The van der Waals surface area contributed by atoms with Crippen LogP contribution < -0.4 is 4.74 Å². The summed E-state index contributed by atoms with van der Waals surface area (Å²) >= 11 is 0. The highest BCUT2D eigenvalue weighted by molar-refractivity contribution is 5.92. The molecule has 0 spiro atoms. The zero-order valence-electron chi connectivity index (χ0n) is 17.0. The predicted octanol–water partition coefficient (Wildman–Crippen LogP) is 4.25. The second-order valence-electron chi connectivity index (χ2n) is 8.65. The molecule has 2 aromatic carbocycles. The van der Waals surface area contributed by atoms with Crippen LogP contribution in [0.5, 0.6) is 5.75 Å². The van der Waals surface area contributed by atoms with E-state index in [1.807, 2.05) is 19.9 Å². The van der Waals surface area contributed by atoms with E-state index in [0.29, 0.717) is 16.9 Å². The van der Waals surface area contributed by atoms with Gasteiger partial charge in [-0.1, -0.05) is 37.8 Å². The molecule has 0 saturated heterocycles. The summed E-state index contributed by atoms with van der Waals surface area (Å²) in [4.78, 5) is 22.6. The molecule has 0 bridgehead atoms. The third kappa shape index (κ3) is 4.60. The zero-order chi connectivity index (χ0) is 21.4. The number of carboxylic acid groups (broad SMARTS) is 2. The van der Waals surface area contributed by atoms with Crippen LogP contribution in [0.25, 0.3) is 0 Å². The first-order valence-corrected chi connectivity index (χ1v) is 9.40. The third-order valence-corrected chi connectivity index (χ3v) is 4.95. The van der Waals surface area contributed by atoms with Gasteiger partial charge in [-0.3, -0.25) is 4.79 Å². The molecule has 1 aliphatic heterocycles. The van der Waals surface area contributed by atoms with Gasteiger partial charge in [-0.25, -0.2) is 4.79 Å². The Balaban J connectivity index is 2.01. The topological polar surface area (TPSA) is 83.8 Å². The molecule has 0 aliphatic carbocycles. The molecule has 0 saturated carbocycles. The summed E-state index contributed by atoms with van der Waals surface area (Å²) in [5.41, 5.74) is 2.29.